The summed E-state index contributed by atoms with van der Waals surface area (Å²) in [7, 11) is -3.26. The van der Waals surface area contributed by atoms with Crippen LogP contribution in [-0.2, 0) is 28.5 Å². The Morgan fingerprint density at radius 2 is 1.57 bits per heavy atom. The van der Waals surface area contributed by atoms with Gasteiger partial charge in [0, 0.05) is 24.0 Å². The summed E-state index contributed by atoms with van der Waals surface area (Å²) in [5, 5.41) is 0. The smallest absolute Gasteiger partial charge is 0.332 e. The molecule has 30 heavy (non-hydrogen) atoms. The van der Waals surface area contributed by atoms with Crippen LogP contribution in [0.15, 0.2) is 9.59 Å². The van der Waals surface area contributed by atoms with Gasteiger partial charge >= 0.3 is 5.69 Å². The lowest BCUT2D eigenvalue weighted by Gasteiger charge is -2.52. The molecular weight excluding hydrogens is 406 g/mol. The molecule has 0 unspecified atom stereocenters. The van der Waals surface area contributed by atoms with Crippen molar-refractivity contribution in [1.82, 2.24) is 23.8 Å². The SMILES string of the molecule is CCCn1c(=O)c2[nH]c(C34CCC(NS(C)(=O)=O)(CC3)CC4)nc2n(CCC)c1=O. The highest BCUT2D eigenvalue weighted by Gasteiger charge is 2.52. The number of hydrogen-bond acceptors (Lipinski definition) is 5. The molecule has 0 saturated heterocycles. The zero-order valence-corrected chi connectivity index (χ0v) is 18.8. The lowest BCUT2D eigenvalue weighted by atomic mass is 9.57. The topological polar surface area (TPSA) is 119 Å². The Balaban J connectivity index is 1.77. The normalized spacial score (nSPS) is 26.5. The van der Waals surface area contributed by atoms with Crippen LogP contribution in [0.4, 0.5) is 0 Å². The minimum absolute atomic E-state index is 0.199. The average Bonchev–Trinajstić information content (AvgIpc) is 3.14. The van der Waals surface area contributed by atoms with Crippen molar-refractivity contribution in [3.63, 3.8) is 0 Å². The highest BCUT2D eigenvalue weighted by atomic mass is 32.2. The van der Waals surface area contributed by atoms with Gasteiger partial charge in [-0.3, -0.25) is 13.9 Å². The Morgan fingerprint density at radius 3 is 2.10 bits per heavy atom. The summed E-state index contributed by atoms with van der Waals surface area (Å²) in [6.45, 7) is 4.84. The maximum atomic E-state index is 13.0. The number of imidazole rings is 1. The van der Waals surface area contributed by atoms with Crippen molar-refractivity contribution in [2.24, 2.45) is 0 Å². The summed E-state index contributed by atoms with van der Waals surface area (Å²) in [6, 6.07) is 0. The molecule has 10 heteroatoms. The van der Waals surface area contributed by atoms with E-state index in [1.807, 2.05) is 13.8 Å². The van der Waals surface area contributed by atoms with E-state index in [1.165, 1.54) is 10.8 Å². The second-order valence-corrected chi connectivity index (χ2v) is 10.9. The highest BCUT2D eigenvalue weighted by molar-refractivity contribution is 7.88. The molecule has 3 aliphatic rings. The van der Waals surface area contributed by atoms with Gasteiger partial charge in [-0.2, -0.15) is 0 Å². The van der Waals surface area contributed by atoms with Crippen molar-refractivity contribution >= 4 is 21.2 Å². The molecular formula is C20H31N5O4S. The van der Waals surface area contributed by atoms with Gasteiger partial charge in [-0.1, -0.05) is 13.8 Å². The third kappa shape index (κ3) is 3.43. The molecule has 0 atom stereocenters. The van der Waals surface area contributed by atoms with Crippen LogP contribution < -0.4 is 16.0 Å². The number of rotatable bonds is 7. The quantitative estimate of drug-likeness (QED) is 0.682. The van der Waals surface area contributed by atoms with Crippen molar-refractivity contribution in [2.75, 3.05) is 6.26 Å². The summed E-state index contributed by atoms with van der Waals surface area (Å²) < 4.78 is 29.4. The first kappa shape index (κ1) is 21.3. The Kier molecular flexibility index (Phi) is 5.21. The number of nitrogens with one attached hydrogen (secondary N) is 2. The van der Waals surface area contributed by atoms with Gasteiger partial charge < -0.3 is 4.98 Å². The van der Waals surface area contributed by atoms with Crippen molar-refractivity contribution in [3.05, 3.63) is 26.7 Å². The van der Waals surface area contributed by atoms with Gasteiger partial charge in [0.15, 0.2) is 5.65 Å². The van der Waals surface area contributed by atoms with Gasteiger partial charge in [0.1, 0.15) is 11.3 Å². The first-order valence-electron chi connectivity index (χ1n) is 10.9. The van der Waals surface area contributed by atoms with E-state index >= 15 is 0 Å². The molecule has 0 amide bonds. The molecule has 2 bridgehead atoms. The van der Waals surface area contributed by atoms with Crippen LogP contribution in [0.5, 0.6) is 0 Å². The van der Waals surface area contributed by atoms with Crippen LogP contribution >= 0.6 is 0 Å². The Morgan fingerprint density at radius 1 is 1.00 bits per heavy atom. The van der Waals surface area contributed by atoms with E-state index in [1.54, 1.807) is 4.57 Å². The van der Waals surface area contributed by atoms with Gasteiger partial charge in [0.2, 0.25) is 10.0 Å². The van der Waals surface area contributed by atoms with Crippen molar-refractivity contribution in [1.29, 1.82) is 0 Å². The largest absolute Gasteiger partial charge is 0.336 e. The highest BCUT2D eigenvalue weighted by Crippen LogP contribution is 2.53. The molecule has 0 aliphatic heterocycles. The predicted octanol–water partition coefficient (Wildman–Crippen LogP) is 1.60. The van der Waals surface area contributed by atoms with Crippen molar-refractivity contribution in [2.45, 2.75) is 89.3 Å². The first-order valence-corrected chi connectivity index (χ1v) is 12.8. The van der Waals surface area contributed by atoms with Crippen LogP contribution in [0.2, 0.25) is 0 Å². The molecule has 0 aromatic carbocycles. The van der Waals surface area contributed by atoms with Crippen LogP contribution in [-0.4, -0.2) is 39.3 Å². The monoisotopic (exact) mass is 437 g/mol. The van der Waals surface area contributed by atoms with Crippen LogP contribution in [0, 0.1) is 0 Å². The molecule has 2 aromatic heterocycles. The Hall–Kier alpha value is -1.94. The third-order valence-corrected chi connectivity index (χ3v) is 7.71. The molecule has 0 spiro atoms. The second kappa shape index (κ2) is 7.33. The maximum Gasteiger partial charge on any atom is 0.332 e. The number of aryl methyl sites for hydroxylation is 1. The molecule has 9 nitrogen and oxygen atoms in total. The van der Waals surface area contributed by atoms with Gasteiger partial charge in [-0.25, -0.2) is 22.9 Å². The fourth-order valence-electron chi connectivity index (χ4n) is 5.35. The fraction of sp³-hybridized carbons (Fsp3) is 0.750. The van der Waals surface area contributed by atoms with E-state index in [0.29, 0.717) is 30.7 Å². The van der Waals surface area contributed by atoms with Crippen molar-refractivity contribution in [3.8, 4) is 0 Å². The molecule has 2 heterocycles. The minimum atomic E-state index is -3.26. The van der Waals surface area contributed by atoms with Crippen molar-refractivity contribution < 1.29 is 8.42 Å². The van der Waals surface area contributed by atoms with Crippen LogP contribution in [0.1, 0.15) is 71.0 Å². The number of fused-ring (bicyclic) bond motifs is 4. The Labute approximate surface area is 175 Å². The van der Waals surface area contributed by atoms with E-state index in [2.05, 4.69) is 9.71 Å². The zero-order chi connectivity index (χ0) is 21.7. The zero-order valence-electron chi connectivity index (χ0n) is 18.0. The van der Waals surface area contributed by atoms with E-state index in [4.69, 9.17) is 4.98 Å². The molecule has 3 fully saturated rings. The van der Waals surface area contributed by atoms with Gasteiger partial charge in [-0.15, -0.1) is 0 Å². The van der Waals surface area contributed by atoms with E-state index in [9.17, 15) is 18.0 Å². The summed E-state index contributed by atoms with van der Waals surface area (Å²) in [5.74, 6) is 0.765. The van der Waals surface area contributed by atoms with E-state index in [0.717, 1.165) is 50.8 Å². The molecule has 0 radical (unpaired) electrons. The number of nitrogens with zero attached hydrogens (tertiary/aromatic N) is 3. The third-order valence-electron chi connectivity index (χ3n) is 6.91. The summed E-state index contributed by atoms with van der Waals surface area (Å²) in [5.41, 5.74) is -0.318. The lowest BCUT2D eigenvalue weighted by molar-refractivity contribution is 0.0896. The number of H-pyrrole nitrogens is 1. The molecule has 3 aliphatic carbocycles. The van der Waals surface area contributed by atoms with E-state index < -0.39 is 10.0 Å². The predicted molar refractivity (Wildman–Crippen MR) is 115 cm³/mol. The summed E-state index contributed by atoms with van der Waals surface area (Å²) in [4.78, 5) is 34.0. The molecule has 2 aromatic rings. The summed E-state index contributed by atoms with van der Waals surface area (Å²) in [6.07, 6.45) is 7.34. The minimum Gasteiger partial charge on any atom is -0.336 e. The van der Waals surface area contributed by atoms with Gasteiger partial charge in [-0.05, 0) is 51.4 Å². The maximum absolute atomic E-state index is 13.0. The van der Waals surface area contributed by atoms with Gasteiger partial charge in [0.05, 0.1) is 6.26 Å². The fourth-order valence-corrected chi connectivity index (χ4v) is 6.44. The second-order valence-electron chi connectivity index (χ2n) is 9.11. The molecule has 166 valence electrons. The number of sulfonamides is 1. The molecule has 3 saturated carbocycles. The standard InChI is InChI=1S/C20H31N5O4S/c1-4-12-24-15-14(16(26)25(13-5-2)18(24)27)21-17(22-15)19-6-9-20(10-7-19,11-8-19)23-30(3,28)29/h23H,4-13H2,1-3H3,(H,21,22). The first-order chi connectivity index (χ1) is 14.1. The van der Waals surface area contributed by atoms with E-state index in [-0.39, 0.29) is 22.2 Å². The number of hydrogen-bond donors (Lipinski definition) is 2. The Bertz CT molecular complexity index is 1170. The lowest BCUT2D eigenvalue weighted by Crippen LogP contribution is -2.57. The molecule has 5 rings (SSSR count). The number of aromatic amines is 1. The van der Waals surface area contributed by atoms with Crippen LogP contribution in [0.3, 0.4) is 0 Å². The average molecular weight is 438 g/mol. The van der Waals surface area contributed by atoms with Crippen LogP contribution in [0.25, 0.3) is 11.2 Å². The molecule has 2 N–H and O–H groups in total. The summed E-state index contributed by atoms with van der Waals surface area (Å²) >= 11 is 0. The van der Waals surface area contributed by atoms with Gasteiger partial charge in [0.25, 0.3) is 5.56 Å². The number of aromatic nitrogens is 4.